The molecular formula is C15H21N3. The third-order valence-corrected chi connectivity index (χ3v) is 2.64. The second kappa shape index (κ2) is 6.83. The van der Waals surface area contributed by atoms with Crippen LogP contribution in [0, 0.1) is 11.3 Å². The van der Waals surface area contributed by atoms with Crippen molar-refractivity contribution in [2.75, 3.05) is 25.0 Å². The highest BCUT2D eigenvalue weighted by Crippen LogP contribution is 2.15. The highest BCUT2D eigenvalue weighted by atomic mass is 15.1. The summed E-state index contributed by atoms with van der Waals surface area (Å²) in [5.41, 5.74) is 2.86. The fourth-order valence-corrected chi connectivity index (χ4v) is 1.64. The maximum Gasteiger partial charge on any atom is 0.0992 e. The summed E-state index contributed by atoms with van der Waals surface area (Å²) in [4.78, 5) is 2.10. The zero-order chi connectivity index (χ0) is 13.5. The Kier molecular flexibility index (Phi) is 5.41. The summed E-state index contributed by atoms with van der Waals surface area (Å²) in [5, 5.41) is 12.2. The van der Waals surface area contributed by atoms with Crippen LogP contribution in [0.4, 0.5) is 5.69 Å². The fourth-order valence-electron chi connectivity index (χ4n) is 1.64. The van der Waals surface area contributed by atoms with Crippen molar-refractivity contribution < 1.29 is 0 Å². The number of anilines is 1. The molecule has 0 radical (unpaired) electrons. The normalized spacial score (nSPS) is 10.2. The number of hydrogen-bond acceptors (Lipinski definition) is 3. The largest absolute Gasteiger partial charge is 0.371 e. The fraction of sp³-hybridized carbons (Fsp3) is 0.400. The average molecular weight is 243 g/mol. The average Bonchev–Trinajstić information content (AvgIpc) is 2.36. The van der Waals surface area contributed by atoms with Gasteiger partial charge in [-0.15, -0.1) is 0 Å². The maximum absolute atomic E-state index is 8.87. The number of rotatable bonds is 6. The molecule has 0 aromatic heterocycles. The van der Waals surface area contributed by atoms with Crippen molar-refractivity contribution >= 4 is 5.69 Å². The van der Waals surface area contributed by atoms with E-state index in [9.17, 15) is 0 Å². The molecule has 0 aliphatic heterocycles. The summed E-state index contributed by atoms with van der Waals surface area (Å²) in [6.07, 6.45) is 0. The lowest BCUT2D eigenvalue weighted by Gasteiger charge is -2.21. The van der Waals surface area contributed by atoms with Gasteiger partial charge in [0.2, 0.25) is 0 Å². The summed E-state index contributed by atoms with van der Waals surface area (Å²) in [7, 11) is 2.01. The number of likely N-dealkylation sites (N-methyl/N-ethyl adjacent to an activating group) is 1. The molecule has 0 saturated carbocycles. The molecule has 0 aliphatic carbocycles. The van der Waals surface area contributed by atoms with Gasteiger partial charge < -0.3 is 10.2 Å². The molecule has 0 fully saturated rings. The molecule has 1 aromatic carbocycles. The van der Waals surface area contributed by atoms with Gasteiger partial charge in [0.05, 0.1) is 11.6 Å². The predicted octanol–water partition coefficient (Wildman–Crippen LogP) is 2.55. The molecule has 0 aliphatic rings. The van der Waals surface area contributed by atoms with Crippen LogP contribution in [0.1, 0.15) is 19.4 Å². The van der Waals surface area contributed by atoms with Crippen LogP contribution in [0.2, 0.25) is 0 Å². The number of nitrogens with zero attached hydrogens (tertiary/aromatic N) is 2. The molecule has 1 N–H and O–H groups in total. The van der Waals surface area contributed by atoms with Crippen molar-refractivity contribution in [1.82, 2.24) is 5.32 Å². The van der Waals surface area contributed by atoms with E-state index >= 15 is 0 Å². The minimum atomic E-state index is 0.467. The first-order valence-corrected chi connectivity index (χ1v) is 6.14. The zero-order valence-corrected chi connectivity index (χ0v) is 11.4. The molecule has 0 unspecified atom stereocenters. The monoisotopic (exact) mass is 243 g/mol. The molecule has 1 rings (SSSR count). The Morgan fingerprint density at radius 3 is 2.83 bits per heavy atom. The summed E-state index contributed by atoms with van der Waals surface area (Å²) >= 11 is 0. The number of nitriles is 1. The van der Waals surface area contributed by atoms with E-state index in [1.807, 2.05) is 31.3 Å². The Hall–Kier alpha value is -1.79. The van der Waals surface area contributed by atoms with Crippen LogP contribution in [0.25, 0.3) is 0 Å². The van der Waals surface area contributed by atoms with Gasteiger partial charge in [-0.1, -0.05) is 26.5 Å². The van der Waals surface area contributed by atoms with Crippen LogP contribution in [-0.2, 0) is 0 Å². The van der Waals surface area contributed by atoms with E-state index in [-0.39, 0.29) is 0 Å². The van der Waals surface area contributed by atoms with E-state index < -0.39 is 0 Å². The Labute approximate surface area is 110 Å². The summed E-state index contributed by atoms with van der Waals surface area (Å²) in [6, 6.07) is 10.2. The molecule has 96 valence electrons. The van der Waals surface area contributed by atoms with Gasteiger partial charge in [-0.3, -0.25) is 0 Å². The van der Waals surface area contributed by atoms with Crippen molar-refractivity contribution in [2.24, 2.45) is 0 Å². The quantitative estimate of drug-likeness (QED) is 0.780. The van der Waals surface area contributed by atoms with Gasteiger partial charge in [-0.25, -0.2) is 0 Å². The van der Waals surface area contributed by atoms with E-state index in [0.717, 1.165) is 24.4 Å². The first-order valence-electron chi connectivity index (χ1n) is 6.14. The van der Waals surface area contributed by atoms with Gasteiger partial charge in [0.25, 0.3) is 0 Å². The number of nitrogens with one attached hydrogen (secondary N) is 1. The van der Waals surface area contributed by atoms with Crippen molar-refractivity contribution in [3.63, 3.8) is 0 Å². The maximum atomic E-state index is 8.87. The first-order chi connectivity index (χ1) is 8.52. The van der Waals surface area contributed by atoms with Gasteiger partial charge in [0.1, 0.15) is 0 Å². The van der Waals surface area contributed by atoms with Crippen LogP contribution >= 0.6 is 0 Å². The predicted molar refractivity (Wildman–Crippen MR) is 76.7 cm³/mol. The molecule has 3 heteroatoms. The lowest BCUT2D eigenvalue weighted by atomic mass is 10.2. The minimum absolute atomic E-state index is 0.467. The van der Waals surface area contributed by atoms with Crippen LogP contribution in [0.3, 0.4) is 0 Å². The Bertz CT molecular complexity index is 443. The topological polar surface area (TPSA) is 39.1 Å². The van der Waals surface area contributed by atoms with Crippen molar-refractivity contribution in [3.8, 4) is 6.07 Å². The van der Waals surface area contributed by atoms with E-state index in [4.69, 9.17) is 5.26 Å². The van der Waals surface area contributed by atoms with Crippen molar-refractivity contribution in [1.29, 1.82) is 5.26 Å². The van der Waals surface area contributed by atoms with E-state index in [0.29, 0.717) is 11.6 Å². The summed E-state index contributed by atoms with van der Waals surface area (Å²) in [5.74, 6) is 0. The highest BCUT2D eigenvalue weighted by molar-refractivity contribution is 5.51. The van der Waals surface area contributed by atoms with Crippen LogP contribution in [0.15, 0.2) is 36.4 Å². The van der Waals surface area contributed by atoms with Gasteiger partial charge in [0, 0.05) is 31.9 Å². The molecular weight excluding hydrogens is 222 g/mol. The Morgan fingerprint density at radius 2 is 2.22 bits per heavy atom. The van der Waals surface area contributed by atoms with Crippen LogP contribution in [-0.4, -0.2) is 26.2 Å². The van der Waals surface area contributed by atoms with Gasteiger partial charge in [-0.05, 0) is 23.8 Å². The van der Waals surface area contributed by atoms with Gasteiger partial charge in [0.15, 0.2) is 0 Å². The lowest BCUT2D eigenvalue weighted by molar-refractivity contribution is 0.617. The molecule has 0 heterocycles. The number of hydrogen-bond donors (Lipinski definition) is 1. The highest BCUT2D eigenvalue weighted by Gasteiger charge is 2.04. The zero-order valence-electron chi connectivity index (χ0n) is 11.4. The van der Waals surface area contributed by atoms with Gasteiger partial charge >= 0.3 is 0 Å². The molecule has 0 spiro atoms. The second-order valence-corrected chi connectivity index (χ2v) is 4.80. The van der Waals surface area contributed by atoms with E-state index in [1.165, 1.54) is 0 Å². The van der Waals surface area contributed by atoms with Crippen LogP contribution in [0.5, 0.6) is 0 Å². The van der Waals surface area contributed by atoms with E-state index in [2.05, 4.69) is 36.7 Å². The third-order valence-electron chi connectivity index (χ3n) is 2.64. The SMILES string of the molecule is C=C(CNC(C)C)CN(C)c1cccc(C#N)c1. The second-order valence-electron chi connectivity index (χ2n) is 4.80. The first kappa shape index (κ1) is 14.3. The molecule has 18 heavy (non-hydrogen) atoms. The molecule has 0 atom stereocenters. The standard InChI is InChI=1S/C15H21N3/c1-12(2)17-10-13(3)11-18(4)15-7-5-6-14(8-15)9-16/h5-8,12,17H,3,10-11H2,1-2,4H3. The summed E-state index contributed by atoms with van der Waals surface area (Å²) < 4.78 is 0. The molecule has 0 bridgehead atoms. The lowest BCUT2D eigenvalue weighted by Crippen LogP contribution is -2.29. The smallest absolute Gasteiger partial charge is 0.0992 e. The van der Waals surface area contributed by atoms with Crippen LogP contribution < -0.4 is 10.2 Å². The number of benzene rings is 1. The molecule has 1 aromatic rings. The Morgan fingerprint density at radius 1 is 1.50 bits per heavy atom. The Balaban J connectivity index is 2.56. The van der Waals surface area contributed by atoms with Gasteiger partial charge in [-0.2, -0.15) is 5.26 Å². The molecule has 0 saturated heterocycles. The van der Waals surface area contributed by atoms with Crippen molar-refractivity contribution in [2.45, 2.75) is 19.9 Å². The minimum Gasteiger partial charge on any atom is -0.371 e. The molecule has 3 nitrogen and oxygen atoms in total. The third kappa shape index (κ3) is 4.60. The summed E-state index contributed by atoms with van der Waals surface area (Å²) in [6.45, 7) is 9.91. The molecule has 0 amide bonds. The van der Waals surface area contributed by atoms with E-state index in [1.54, 1.807) is 0 Å². The van der Waals surface area contributed by atoms with Crippen molar-refractivity contribution in [3.05, 3.63) is 42.0 Å².